The Kier molecular flexibility index (Phi) is 7.00. The number of rotatable bonds is 7. The summed E-state index contributed by atoms with van der Waals surface area (Å²) in [7, 11) is 0. The summed E-state index contributed by atoms with van der Waals surface area (Å²) < 4.78 is 5.61. The van der Waals surface area contributed by atoms with Crippen LogP contribution in [0.15, 0.2) is 53.5 Å². The summed E-state index contributed by atoms with van der Waals surface area (Å²) >= 11 is 0. The van der Waals surface area contributed by atoms with E-state index in [1.165, 1.54) is 5.56 Å². The molecule has 3 rings (SSSR count). The molecule has 1 atom stereocenters. The van der Waals surface area contributed by atoms with E-state index in [9.17, 15) is 9.59 Å². The molecular weight excluding hydrogens is 366 g/mol. The molecular formula is C23H27N3O3. The van der Waals surface area contributed by atoms with E-state index < -0.39 is 0 Å². The van der Waals surface area contributed by atoms with Crippen molar-refractivity contribution in [3.05, 3.63) is 65.2 Å². The van der Waals surface area contributed by atoms with Gasteiger partial charge in [-0.1, -0.05) is 44.5 Å². The number of unbranched alkanes of at least 4 members (excludes halogenated alkanes) is 1. The Morgan fingerprint density at radius 3 is 2.52 bits per heavy atom. The molecule has 0 saturated carbocycles. The highest BCUT2D eigenvalue weighted by Crippen LogP contribution is 2.24. The van der Waals surface area contributed by atoms with E-state index >= 15 is 0 Å². The number of ether oxygens (including phenoxy) is 1. The minimum absolute atomic E-state index is 0.167. The van der Waals surface area contributed by atoms with E-state index in [0.29, 0.717) is 12.2 Å². The molecule has 0 fully saturated rings. The lowest BCUT2D eigenvalue weighted by Crippen LogP contribution is -2.47. The predicted octanol–water partition coefficient (Wildman–Crippen LogP) is 3.77. The molecule has 152 valence electrons. The van der Waals surface area contributed by atoms with Crippen molar-refractivity contribution < 1.29 is 14.3 Å². The zero-order valence-corrected chi connectivity index (χ0v) is 16.9. The van der Waals surface area contributed by atoms with Gasteiger partial charge in [0.15, 0.2) is 0 Å². The van der Waals surface area contributed by atoms with Gasteiger partial charge in [-0.3, -0.25) is 20.2 Å². The molecule has 6 nitrogen and oxygen atoms in total. The summed E-state index contributed by atoms with van der Waals surface area (Å²) in [5.41, 5.74) is 2.66. The third-order valence-electron chi connectivity index (χ3n) is 4.81. The lowest BCUT2D eigenvalue weighted by Gasteiger charge is -2.21. The summed E-state index contributed by atoms with van der Waals surface area (Å²) in [6.45, 7) is 4.86. The second kappa shape index (κ2) is 9.87. The molecule has 0 radical (unpaired) electrons. The van der Waals surface area contributed by atoms with Gasteiger partial charge in [-0.05, 0) is 48.2 Å². The fourth-order valence-electron chi connectivity index (χ4n) is 3.04. The number of hydrogen-bond donors (Lipinski definition) is 2. The Labute approximate surface area is 171 Å². The Morgan fingerprint density at radius 1 is 1.14 bits per heavy atom. The zero-order chi connectivity index (χ0) is 20.6. The zero-order valence-electron chi connectivity index (χ0n) is 16.9. The largest absolute Gasteiger partial charge is 0.494 e. The first-order chi connectivity index (χ1) is 14.1. The highest BCUT2D eigenvalue weighted by Gasteiger charge is 2.23. The highest BCUT2D eigenvalue weighted by atomic mass is 16.5. The molecule has 2 amide bonds. The Balaban J connectivity index is 1.66. The smallest absolute Gasteiger partial charge is 0.257 e. The van der Waals surface area contributed by atoms with Crippen molar-refractivity contribution in [3.8, 4) is 5.75 Å². The van der Waals surface area contributed by atoms with Crippen LogP contribution in [0.1, 0.15) is 60.6 Å². The van der Waals surface area contributed by atoms with Gasteiger partial charge in [-0.25, -0.2) is 4.99 Å². The van der Waals surface area contributed by atoms with Crippen molar-refractivity contribution in [1.29, 1.82) is 0 Å². The van der Waals surface area contributed by atoms with Crippen LogP contribution in [0.3, 0.4) is 0 Å². The predicted molar refractivity (Wildman–Crippen MR) is 113 cm³/mol. The van der Waals surface area contributed by atoms with E-state index in [0.717, 1.165) is 30.6 Å². The summed E-state index contributed by atoms with van der Waals surface area (Å²) in [5, 5.41) is 5.34. The van der Waals surface area contributed by atoms with Crippen LogP contribution in [-0.4, -0.2) is 24.4 Å². The van der Waals surface area contributed by atoms with Crippen LogP contribution in [-0.2, 0) is 11.2 Å². The van der Waals surface area contributed by atoms with Crippen LogP contribution in [0.4, 0.5) is 0 Å². The number of amides is 2. The normalized spacial score (nSPS) is 16.0. The van der Waals surface area contributed by atoms with E-state index in [2.05, 4.69) is 29.5 Å². The molecule has 0 aromatic heterocycles. The minimum Gasteiger partial charge on any atom is -0.494 e. The van der Waals surface area contributed by atoms with Gasteiger partial charge in [-0.2, -0.15) is 0 Å². The standard InChI is InChI=1S/C23H27N3O3/c1-3-5-14-29-19-12-10-18(11-13-19)22(28)26-23-24-20(15-21(27)25-23)17-8-6-16(4-2)7-9-17/h6-13,20H,3-5,14-15H2,1-2H3,(H2,24,25,26,27,28)/t20-/m0/s1. The second-order valence-corrected chi connectivity index (χ2v) is 7.02. The second-order valence-electron chi connectivity index (χ2n) is 7.02. The molecule has 2 aromatic carbocycles. The number of carbonyl (C=O) groups is 2. The van der Waals surface area contributed by atoms with E-state index in [-0.39, 0.29) is 30.2 Å². The molecule has 0 saturated heterocycles. The van der Waals surface area contributed by atoms with Crippen LogP contribution >= 0.6 is 0 Å². The Morgan fingerprint density at radius 2 is 1.86 bits per heavy atom. The number of nitrogens with zero attached hydrogens (tertiary/aromatic N) is 1. The van der Waals surface area contributed by atoms with Crippen molar-refractivity contribution in [2.75, 3.05) is 6.61 Å². The number of nitrogens with one attached hydrogen (secondary N) is 2. The maximum absolute atomic E-state index is 12.5. The molecule has 6 heteroatoms. The van der Waals surface area contributed by atoms with E-state index in [4.69, 9.17) is 4.74 Å². The van der Waals surface area contributed by atoms with Crippen LogP contribution in [0.25, 0.3) is 0 Å². The third-order valence-corrected chi connectivity index (χ3v) is 4.81. The van der Waals surface area contributed by atoms with E-state index in [1.54, 1.807) is 24.3 Å². The summed E-state index contributed by atoms with van der Waals surface area (Å²) in [6, 6.07) is 14.7. The molecule has 1 aliphatic rings. The first-order valence-corrected chi connectivity index (χ1v) is 10.1. The topological polar surface area (TPSA) is 79.8 Å². The van der Waals surface area contributed by atoms with Crippen molar-refractivity contribution in [1.82, 2.24) is 10.6 Å². The number of carbonyl (C=O) groups excluding carboxylic acids is 2. The summed E-state index contributed by atoms with van der Waals surface area (Å²) in [5.74, 6) is 0.415. The first-order valence-electron chi connectivity index (χ1n) is 10.1. The fourth-order valence-corrected chi connectivity index (χ4v) is 3.04. The number of hydrogen-bond acceptors (Lipinski definition) is 4. The van der Waals surface area contributed by atoms with E-state index in [1.807, 2.05) is 24.3 Å². The van der Waals surface area contributed by atoms with Crippen LogP contribution in [0, 0.1) is 0 Å². The first kappa shape index (κ1) is 20.6. The Hall–Kier alpha value is -3.15. The molecule has 0 aliphatic carbocycles. The molecule has 2 aromatic rings. The number of aryl methyl sites for hydroxylation is 1. The average molecular weight is 393 g/mol. The van der Waals surface area contributed by atoms with Gasteiger partial charge in [-0.15, -0.1) is 0 Å². The van der Waals surface area contributed by atoms with Gasteiger partial charge in [0.1, 0.15) is 5.75 Å². The maximum Gasteiger partial charge on any atom is 0.257 e. The molecule has 2 N–H and O–H groups in total. The molecule has 0 unspecified atom stereocenters. The number of benzene rings is 2. The SMILES string of the molecule is CCCCOc1ccc(C(=O)NC2=N[C@H](c3ccc(CC)cc3)CC(=O)N2)cc1. The van der Waals surface area contributed by atoms with Crippen molar-refractivity contribution in [2.24, 2.45) is 4.99 Å². The maximum atomic E-state index is 12.5. The van der Waals surface area contributed by atoms with Crippen LogP contribution in [0.2, 0.25) is 0 Å². The van der Waals surface area contributed by atoms with Gasteiger partial charge < -0.3 is 4.74 Å². The highest BCUT2D eigenvalue weighted by molar-refractivity contribution is 6.10. The van der Waals surface area contributed by atoms with Crippen LogP contribution in [0.5, 0.6) is 5.75 Å². The molecule has 29 heavy (non-hydrogen) atoms. The number of aliphatic imine (C=N–C) groups is 1. The fraction of sp³-hybridized carbons (Fsp3) is 0.348. The van der Waals surface area contributed by atoms with Crippen molar-refractivity contribution in [2.45, 2.75) is 45.6 Å². The number of guanidine groups is 1. The molecule has 1 heterocycles. The van der Waals surface area contributed by atoms with Gasteiger partial charge >= 0.3 is 0 Å². The monoisotopic (exact) mass is 393 g/mol. The van der Waals surface area contributed by atoms with Crippen molar-refractivity contribution in [3.63, 3.8) is 0 Å². The van der Waals surface area contributed by atoms with Gasteiger partial charge in [0.25, 0.3) is 5.91 Å². The molecule has 0 spiro atoms. The Bertz CT molecular complexity index is 873. The molecule has 1 aliphatic heterocycles. The lowest BCUT2D eigenvalue weighted by molar-refractivity contribution is -0.120. The van der Waals surface area contributed by atoms with Crippen molar-refractivity contribution >= 4 is 17.8 Å². The average Bonchev–Trinajstić information content (AvgIpc) is 2.74. The summed E-state index contributed by atoms with van der Waals surface area (Å²) in [4.78, 5) is 29.2. The van der Waals surface area contributed by atoms with Gasteiger partial charge in [0.2, 0.25) is 11.9 Å². The third kappa shape index (κ3) is 5.67. The molecule has 0 bridgehead atoms. The lowest BCUT2D eigenvalue weighted by atomic mass is 10.0. The minimum atomic E-state index is -0.328. The summed E-state index contributed by atoms with van der Waals surface area (Å²) in [6.07, 6.45) is 3.27. The van der Waals surface area contributed by atoms with Crippen LogP contribution < -0.4 is 15.4 Å². The van der Waals surface area contributed by atoms with Gasteiger partial charge in [0.05, 0.1) is 19.1 Å². The van der Waals surface area contributed by atoms with Gasteiger partial charge in [0, 0.05) is 5.56 Å². The quantitative estimate of drug-likeness (QED) is 0.703.